The van der Waals surface area contributed by atoms with Crippen LogP contribution in [0.25, 0.3) is 0 Å². The van der Waals surface area contributed by atoms with Gasteiger partial charge in [0.15, 0.2) is 12.6 Å². The summed E-state index contributed by atoms with van der Waals surface area (Å²) in [5, 5.41) is 130. The van der Waals surface area contributed by atoms with E-state index in [1.54, 1.807) is 0 Å². The van der Waals surface area contributed by atoms with E-state index < -0.39 is 134 Å². The number of carbonyl (C=O) groups is 1. The number of allylic oxidation sites excluding steroid dienone is 2. The summed E-state index contributed by atoms with van der Waals surface area (Å²) in [5.41, 5.74) is -1.64. The van der Waals surface area contributed by atoms with Crippen LogP contribution in [0.4, 0.5) is 0 Å². The van der Waals surface area contributed by atoms with Crippen molar-refractivity contribution in [1.82, 2.24) is 0 Å². The Hall–Kier alpha value is -1.47. The van der Waals surface area contributed by atoms with E-state index in [1.807, 2.05) is 6.92 Å². The minimum absolute atomic E-state index is 0.0112. The molecule has 19 nitrogen and oxygen atoms in total. The largest absolute Gasteiger partial charge is 0.432 e. The fraction of sp³-hybridized carbons (Fsp3) is 0.938. The lowest BCUT2D eigenvalue weighted by Crippen LogP contribution is -2.68. The van der Waals surface area contributed by atoms with Gasteiger partial charge in [-0.1, -0.05) is 53.2 Å². The van der Waals surface area contributed by atoms with Crippen LogP contribution in [0.2, 0.25) is 0 Å². The molecule has 3 saturated heterocycles. The van der Waals surface area contributed by atoms with E-state index >= 15 is 4.79 Å². The topological polar surface area (TPSA) is 315 Å². The number of hydrogen-bond donors (Lipinski definition) is 12. The molecular formula is C48H78O19. The molecule has 0 spiro atoms. The molecule has 0 radical (unpaired) electrons. The summed E-state index contributed by atoms with van der Waals surface area (Å²) in [7, 11) is 0. The highest BCUT2D eigenvalue weighted by atomic mass is 16.8. The second-order valence-electron chi connectivity index (χ2n) is 22.9. The van der Waals surface area contributed by atoms with Crippen molar-refractivity contribution < 1.29 is 94.5 Å². The van der Waals surface area contributed by atoms with Crippen molar-refractivity contribution in [3.8, 4) is 0 Å². The molecule has 19 heteroatoms. The summed E-state index contributed by atoms with van der Waals surface area (Å²) in [6.07, 6.45) is -18.9. The van der Waals surface area contributed by atoms with Gasteiger partial charge < -0.3 is 89.7 Å². The van der Waals surface area contributed by atoms with Gasteiger partial charge in [0, 0.05) is 5.41 Å². The van der Waals surface area contributed by atoms with E-state index in [2.05, 4.69) is 40.7 Å². The van der Waals surface area contributed by atoms with Gasteiger partial charge in [-0.25, -0.2) is 0 Å². The molecule has 0 amide bonds. The second kappa shape index (κ2) is 18.5. The fourth-order valence-corrected chi connectivity index (χ4v) is 15.2. The van der Waals surface area contributed by atoms with Crippen LogP contribution < -0.4 is 0 Å². The Balaban J connectivity index is 0.985. The van der Waals surface area contributed by atoms with Gasteiger partial charge in [0.25, 0.3) is 0 Å². The minimum atomic E-state index is -1.86. The van der Waals surface area contributed by atoms with E-state index in [1.165, 1.54) is 12.5 Å². The smallest absolute Gasteiger partial charge is 0.315 e. The highest BCUT2D eigenvalue weighted by molar-refractivity contribution is 5.79. The standard InChI is InChI=1S/C48H78O19/c1-20-10-13-48(15-14-46(6)23(29(48)21(20)2)8-9-28-44(4)16-24(51)39(60)45(5,19-50)27(44)11-12-47(28,46)7)43(61)67-42-36(58)33(55)31(53)26(65-42)18-62-40-37(59)34(56)38(25(17-49)64-40)66-41-35(57)32(54)30(52)22(3)63-41/h8,20-22,24-42,49-60H,9-19H2,1-7H3/t20-,21+,22-,24-,25-,26-,27-,28-,29-,30?,31-,32-,33+,34-,35-,36-,37-,38-,39+,40-,41+,42+,44+,45+,46-,47-,48+/m1/s1. The number of aliphatic hydroxyl groups excluding tert-OH is 12. The minimum Gasteiger partial charge on any atom is -0.432 e. The molecule has 0 aromatic carbocycles. The molecule has 384 valence electrons. The van der Waals surface area contributed by atoms with Gasteiger partial charge in [0.05, 0.1) is 43.5 Å². The van der Waals surface area contributed by atoms with Gasteiger partial charge in [-0.05, 0) is 104 Å². The van der Waals surface area contributed by atoms with Gasteiger partial charge in [0.2, 0.25) is 6.29 Å². The highest BCUT2D eigenvalue weighted by Crippen LogP contribution is 2.76. The summed E-state index contributed by atoms with van der Waals surface area (Å²) in [6, 6.07) is 0. The van der Waals surface area contributed by atoms with E-state index in [-0.39, 0.29) is 52.4 Å². The van der Waals surface area contributed by atoms with Gasteiger partial charge >= 0.3 is 5.97 Å². The number of rotatable bonds is 9. The summed E-state index contributed by atoms with van der Waals surface area (Å²) in [4.78, 5) is 15.0. The molecule has 3 aliphatic heterocycles. The summed E-state index contributed by atoms with van der Waals surface area (Å²) in [5.74, 6) is -0.386. The van der Waals surface area contributed by atoms with Crippen LogP contribution in [0.3, 0.4) is 0 Å². The summed E-state index contributed by atoms with van der Waals surface area (Å²) in [6.45, 7) is 13.0. The number of carbonyl (C=O) groups excluding carboxylic acids is 1. The second-order valence-corrected chi connectivity index (χ2v) is 22.9. The quantitative estimate of drug-likeness (QED) is 0.0971. The average molecular weight is 959 g/mol. The Morgan fingerprint density at radius 3 is 2.01 bits per heavy atom. The van der Waals surface area contributed by atoms with E-state index in [4.69, 9.17) is 28.4 Å². The third kappa shape index (κ3) is 7.92. The van der Waals surface area contributed by atoms with Crippen molar-refractivity contribution in [2.45, 2.75) is 204 Å². The predicted octanol–water partition coefficient (Wildman–Crippen LogP) is -1.03. The molecule has 4 saturated carbocycles. The first-order valence-corrected chi connectivity index (χ1v) is 24.5. The van der Waals surface area contributed by atoms with Crippen LogP contribution in [-0.2, 0) is 33.2 Å². The Morgan fingerprint density at radius 1 is 0.701 bits per heavy atom. The summed E-state index contributed by atoms with van der Waals surface area (Å²) < 4.78 is 34.7. The lowest BCUT2D eigenvalue weighted by molar-refractivity contribution is -0.361. The molecule has 1 unspecified atom stereocenters. The van der Waals surface area contributed by atoms with Crippen LogP contribution in [0.1, 0.15) is 99.8 Å². The van der Waals surface area contributed by atoms with E-state index in [9.17, 15) is 61.3 Å². The van der Waals surface area contributed by atoms with Crippen molar-refractivity contribution in [1.29, 1.82) is 0 Å². The molecule has 7 fully saturated rings. The Bertz CT molecular complexity index is 1820. The zero-order valence-corrected chi connectivity index (χ0v) is 39.8. The zero-order valence-electron chi connectivity index (χ0n) is 39.8. The molecule has 0 aromatic rings. The Labute approximate surface area is 392 Å². The lowest BCUT2D eigenvalue weighted by atomic mass is 9.33. The number of fused-ring (bicyclic) bond motifs is 7. The van der Waals surface area contributed by atoms with Gasteiger partial charge in [-0.15, -0.1) is 0 Å². The molecule has 67 heavy (non-hydrogen) atoms. The fourth-order valence-electron chi connectivity index (χ4n) is 15.2. The van der Waals surface area contributed by atoms with Crippen molar-refractivity contribution in [3.05, 3.63) is 11.6 Å². The van der Waals surface area contributed by atoms with Crippen molar-refractivity contribution in [2.24, 2.45) is 56.7 Å². The maximum atomic E-state index is 15.0. The first-order chi connectivity index (χ1) is 31.4. The SMILES string of the molecule is C[C@H]1[C@H](C)CC[C@]2(C(=O)O[C@@H]3O[C@H](CO[C@@H]4O[C@H](CO)[C@@H](O[C@@H]5O[C@H](C)C(O)[C@@H](O)[C@H]5O)[C@H](O)[C@H]4O)[C@@H](O)[C@H](O)[C@H]3O)CC[C@]3(C)C(=CC[C@@H]4[C@@]5(C)C[C@@H](O)[C@H](O)[C@@](C)(CO)[C@@H]5CC[C@]43C)[C@@H]12. The molecule has 8 rings (SSSR count). The lowest BCUT2D eigenvalue weighted by Gasteiger charge is -2.71. The molecular weight excluding hydrogens is 881 g/mol. The van der Waals surface area contributed by atoms with E-state index in [0.29, 0.717) is 32.1 Å². The molecule has 0 aromatic heterocycles. The van der Waals surface area contributed by atoms with Crippen molar-refractivity contribution in [2.75, 3.05) is 19.8 Å². The molecule has 12 N–H and O–H groups in total. The van der Waals surface area contributed by atoms with Crippen LogP contribution in [0, 0.1) is 56.7 Å². The maximum absolute atomic E-state index is 15.0. The normalized spacial score (nSPS) is 56.7. The number of aliphatic hydroxyl groups is 12. The van der Waals surface area contributed by atoms with Gasteiger partial charge in [-0.3, -0.25) is 4.79 Å². The summed E-state index contributed by atoms with van der Waals surface area (Å²) >= 11 is 0. The highest BCUT2D eigenvalue weighted by Gasteiger charge is 2.71. The van der Waals surface area contributed by atoms with Gasteiger partial charge in [-0.2, -0.15) is 0 Å². The molecule has 3 heterocycles. The molecule has 5 aliphatic carbocycles. The number of ether oxygens (including phenoxy) is 6. The van der Waals surface area contributed by atoms with Crippen molar-refractivity contribution in [3.63, 3.8) is 0 Å². The third-order valence-electron chi connectivity index (χ3n) is 19.7. The first-order valence-electron chi connectivity index (χ1n) is 24.5. The van der Waals surface area contributed by atoms with Crippen molar-refractivity contribution >= 4 is 5.97 Å². The molecule has 27 atom stereocenters. The number of esters is 1. The van der Waals surface area contributed by atoms with Crippen LogP contribution in [0.15, 0.2) is 11.6 Å². The van der Waals surface area contributed by atoms with Crippen LogP contribution in [0.5, 0.6) is 0 Å². The maximum Gasteiger partial charge on any atom is 0.315 e. The van der Waals surface area contributed by atoms with Crippen LogP contribution in [-0.4, -0.2) is 191 Å². The first kappa shape index (κ1) is 51.9. The average Bonchev–Trinajstić information content (AvgIpc) is 3.29. The third-order valence-corrected chi connectivity index (χ3v) is 19.7. The molecule has 8 aliphatic rings. The van der Waals surface area contributed by atoms with E-state index in [0.717, 1.165) is 19.3 Å². The van der Waals surface area contributed by atoms with Crippen LogP contribution >= 0.6 is 0 Å². The zero-order chi connectivity index (χ0) is 49.1. The monoisotopic (exact) mass is 959 g/mol. The molecule has 0 bridgehead atoms. The number of hydrogen-bond acceptors (Lipinski definition) is 19. The predicted molar refractivity (Wildman–Crippen MR) is 231 cm³/mol. The Kier molecular flexibility index (Phi) is 14.4. The Morgan fingerprint density at radius 2 is 1.34 bits per heavy atom. The van der Waals surface area contributed by atoms with Gasteiger partial charge in [0.1, 0.15) is 67.1 Å².